The van der Waals surface area contributed by atoms with Crippen molar-refractivity contribution in [3.05, 3.63) is 21.9 Å². The summed E-state index contributed by atoms with van der Waals surface area (Å²) < 4.78 is 7.42. The van der Waals surface area contributed by atoms with E-state index in [-0.39, 0.29) is 29.5 Å². The summed E-state index contributed by atoms with van der Waals surface area (Å²) in [4.78, 5) is 7.34. The Kier molecular flexibility index (Phi) is 10.0. The van der Waals surface area contributed by atoms with Crippen LogP contribution in [0.2, 0.25) is 10.2 Å². The van der Waals surface area contributed by atoms with Crippen LogP contribution in [0.3, 0.4) is 0 Å². The van der Waals surface area contributed by atoms with Gasteiger partial charge in [0.2, 0.25) is 0 Å². The Morgan fingerprint density at radius 3 is 2.64 bits per heavy atom. The maximum absolute atomic E-state index is 6.16. The third kappa shape index (κ3) is 5.85. The molecule has 2 aliphatic rings. The summed E-state index contributed by atoms with van der Waals surface area (Å²) in [5.74, 6) is 3.20. The van der Waals surface area contributed by atoms with Gasteiger partial charge in [0.25, 0.3) is 0 Å². The Balaban J connectivity index is 0.00000280. The molecule has 0 aromatic carbocycles. The van der Waals surface area contributed by atoms with Gasteiger partial charge in [-0.1, -0.05) is 23.2 Å². The number of thioether (sulfide) groups is 1. The Hall–Kier alpha value is 0.130. The molecule has 1 unspecified atom stereocenters. The molecule has 160 valence electrons. The van der Waals surface area contributed by atoms with Gasteiger partial charge in [-0.3, -0.25) is 4.90 Å². The van der Waals surface area contributed by atoms with Crippen molar-refractivity contribution in [3.8, 4) is 0 Å². The Morgan fingerprint density at radius 2 is 2.07 bits per heavy atom. The highest BCUT2D eigenvalue weighted by atomic mass is 127. The molecular weight excluding hydrogens is 532 g/mol. The SMILES string of the molecule is CCNC(=NCc1cc(Cl)c(Cl)n1C)NCC1(N2CCOCC2)CCSC1.I. The van der Waals surface area contributed by atoms with Crippen LogP contribution in [0.25, 0.3) is 0 Å². The summed E-state index contributed by atoms with van der Waals surface area (Å²) in [5.41, 5.74) is 1.17. The van der Waals surface area contributed by atoms with Gasteiger partial charge < -0.3 is 19.9 Å². The van der Waals surface area contributed by atoms with Gasteiger partial charge in [0, 0.05) is 50.2 Å². The largest absolute Gasteiger partial charge is 0.379 e. The van der Waals surface area contributed by atoms with Crippen LogP contribution < -0.4 is 10.6 Å². The van der Waals surface area contributed by atoms with Crippen LogP contribution in [-0.4, -0.2) is 71.9 Å². The topological polar surface area (TPSA) is 53.8 Å². The molecule has 28 heavy (non-hydrogen) atoms. The van der Waals surface area contributed by atoms with E-state index in [1.165, 1.54) is 12.2 Å². The number of hydrogen-bond acceptors (Lipinski definition) is 4. The summed E-state index contributed by atoms with van der Waals surface area (Å²) in [5, 5.41) is 8.05. The number of aliphatic imine (C=N–C) groups is 1. The zero-order chi connectivity index (χ0) is 19.3. The molecule has 0 radical (unpaired) electrons. The number of aromatic nitrogens is 1. The predicted molar refractivity (Wildman–Crippen MR) is 131 cm³/mol. The van der Waals surface area contributed by atoms with E-state index in [1.807, 2.05) is 29.4 Å². The molecule has 0 saturated carbocycles. The van der Waals surface area contributed by atoms with Gasteiger partial charge in [0.1, 0.15) is 5.15 Å². The Labute approximate surface area is 199 Å². The first-order chi connectivity index (χ1) is 13.1. The number of halogens is 3. The number of morpholine rings is 1. The maximum Gasteiger partial charge on any atom is 0.191 e. The molecule has 6 nitrogen and oxygen atoms in total. The fourth-order valence-electron chi connectivity index (χ4n) is 3.63. The average molecular weight is 562 g/mol. The Morgan fingerprint density at radius 1 is 1.32 bits per heavy atom. The van der Waals surface area contributed by atoms with Crippen molar-refractivity contribution >= 4 is 64.9 Å². The number of nitrogens with zero attached hydrogens (tertiary/aromatic N) is 3. The molecular formula is C18H30Cl2IN5OS. The molecule has 1 atom stereocenters. The van der Waals surface area contributed by atoms with E-state index in [1.54, 1.807) is 0 Å². The summed E-state index contributed by atoms with van der Waals surface area (Å²) in [6.07, 6.45) is 1.20. The molecule has 0 spiro atoms. The molecule has 0 amide bonds. The van der Waals surface area contributed by atoms with Gasteiger partial charge in [-0.05, 0) is 25.2 Å². The van der Waals surface area contributed by atoms with Crippen molar-refractivity contribution in [2.24, 2.45) is 12.0 Å². The third-order valence-corrected chi connectivity index (χ3v) is 7.38. The second-order valence-electron chi connectivity index (χ2n) is 7.01. The molecule has 0 bridgehead atoms. The molecule has 2 saturated heterocycles. The number of rotatable bonds is 6. The van der Waals surface area contributed by atoms with Crippen molar-refractivity contribution in [2.75, 3.05) is 50.9 Å². The normalized spacial score (nSPS) is 23.5. The smallest absolute Gasteiger partial charge is 0.191 e. The highest BCUT2D eigenvalue weighted by Crippen LogP contribution is 2.33. The third-order valence-electron chi connectivity index (χ3n) is 5.31. The van der Waals surface area contributed by atoms with Gasteiger partial charge in [0.05, 0.1) is 24.8 Å². The molecule has 2 aliphatic heterocycles. The van der Waals surface area contributed by atoms with E-state index < -0.39 is 0 Å². The lowest BCUT2D eigenvalue weighted by Gasteiger charge is -2.43. The van der Waals surface area contributed by atoms with Crippen molar-refractivity contribution in [1.82, 2.24) is 20.1 Å². The molecule has 2 N–H and O–H groups in total. The standard InChI is InChI=1S/C18H29Cl2N5OS.HI/c1-3-21-17(22-11-14-10-15(19)16(20)24(14)2)23-12-18(4-9-27-13-18)25-5-7-26-8-6-25;/h10H,3-9,11-13H2,1-2H3,(H2,21,22,23);1H. The summed E-state index contributed by atoms with van der Waals surface area (Å²) in [6, 6.07) is 1.87. The van der Waals surface area contributed by atoms with Gasteiger partial charge in [-0.2, -0.15) is 11.8 Å². The number of hydrogen-bond donors (Lipinski definition) is 2. The molecule has 1 aromatic rings. The zero-order valence-electron chi connectivity index (χ0n) is 16.5. The van der Waals surface area contributed by atoms with Crippen LogP contribution in [0.15, 0.2) is 11.1 Å². The maximum atomic E-state index is 6.16. The second-order valence-corrected chi connectivity index (χ2v) is 8.88. The second kappa shape index (κ2) is 11.5. The minimum atomic E-state index is 0. The fourth-order valence-corrected chi connectivity index (χ4v) is 5.52. The number of ether oxygens (including phenoxy) is 1. The molecule has 3 rings (SSSR count). The number of nitrogens with one attached hydrogen (secondary N) is 2. The summed E-state index contributed by atoms with van der Waals surface area (Å²) >= 11 is 14.3. The molecule has 2 fully saturated rings. The van der Waals surface area contributed by atoms with Crippen LogP contribution >= 0.6 is 58.9 Å². The van der Waals surface area contributed by atoms with Crippen LogP contribution in [0, 0.1) is 0 Å². The van der Waals surface area contributed by atoms with Gasteiger partial charge in [-0.15, -0.1) is 24.0 Å². The number of guanidine groups is 1. The lowest BCUT2D eigenvalue weighted by molar-refractivity contribution is -0.0120. The van der Waals surface area contributed by atoms with Crippen molar-refractivity contribution in [1.29, 1.82) is 0 Å². The van der Waals surface area contributed by atoms with Crippen LogP contribution in [-0.2, 0) is 18.3 Å². The van der Waals surface area contributed by atoms with Crippen molar-refractivity contribution < 1.29 is 4.74 Å². The highest BCUT2D eigenvalue weighted by molar-refractivity contribution is 14.0. The predicted octanol–water partition coefficient (Wildman–Crippen LogP) is 3.21. The Bertz CT molecular complexity index is 661. The van der Waals surface area contributed by atoms with E-state index in [4.69, 9.17) is 32.9 Å². The molecule has 10 heteroatoms. The zero-order valence-corrected chi connectivity index (χ0v) is 21.1. The first kappa shape index (κ1) is 24.4. The first-order valence-corrected chi connectivity index (χ1v) is 11.4. The van der Waals surface area contributed by atoms with E-state index in [0.29, 0.717) is 16.7 Å². The van der Waals surface area contributed by atoms with Crippen LogP contribution in [0.5, 0.6) is 0 Å². The lowest BCUT2D eigenvalue weighted by atomic mass is 9.95. The van der Waals surface area contributed by atoms with Gasteiger partial charge in [-0.25, -0.2) is 4.99 Å². The van der Waals surface area contributed by atoms with E-state index in [2.05, 4.69) is 22.5 Å². The fraction of sp³-hybridized carbons (Fsp3) is 0.722. The highest BCUT2D eigenvalue weighted by Gasteiger charge is 2.40. The molecule has 0 aliphatic carbocycles. The van der Waals surface area contributed by atoms with E-state index in [9.17, 15) is 0 Å². The summed E-state index contributed by atoms with van der Waals surface area (Å²) in [7, 11) is 1.91. The van der Waals surface area contributed by atoms with Crippen molar-refractivity contribution in [3.63, 3.8) is 0 Å². The van der Waals surface area contributed by atoms with Gasteiger partial charge >= 0.3 is 0 Å². The van der Waals surface area contributed by atoms with Crippen LogP contribution in [0.4, 0.5) is 0 Å². The first-order valence-electron chi connectivity index (χ1n) is 9.48. The van der Waals surface area contributed by atoms with Crippen molar-refractivity contribution in [2.45, 2.75) is 25.4 Å². The molecule has 1 aromatic heterocycles. The van der Waals surface area contributed by atoms with E-state index >= 15 is 0 Å². The summed E-state index contributed by atoms with van der Waals surface area (Å²) in [6.45, 7) is 7.99. The molecule has 3 heterocycles. The minimum Gasteiger partial charge on any atom is -0.379 e. The quantitative estimate of drug-likeness (QED) is 0.317. The van der Waals surface area contributed by atoms with Gasteiger partial charge in [0.15, 0.2) is 5.96 Å². The van der Waals surface area contributed by atoms with E-state index in [0.717, 1.165) is 56.8 Å². The lowest BCUT2D eigenvalue weighted by Crippen LogP contribution is -2.60. The monoisotopic (exact) mass is 561 g/mol. The van der Waals surface area contributed by atoms with Crippen LogP contribution in [0.1, 0.15) is 19.0 Å². The average Bonchev–Trinajstić information content (AvgIpc) is 3.26. The minimum absolute atomic E-state index is 0.